The molecule has 33 heavy (non-hydrogen) atoms. The summed E-state index contributed by atoms with van der Waals surface area (Å²) < 4.78 is 41.7. The molecule has 2 aliphatic rings. The zero-order chi connectivity index (χ0) is 23.3. The lowest BCUT2D eigenvalue weighted by molar-refractivity contribution is -0.137. The molecule has 0 aliphatic carbocycles. The summed E-state index contributed by atoms with van der Waals surface area (Å²) in [6, 6.07) is 20.0. The molecular formula is C24H16BrF3N2O3. The minimum absolute atomic E-state index is 0.487. The highest BCUT2D eigenvalue weighted by Crippen LogP contribution is 2.49. The van der Waals surface area contributed by atoms with Gasteiger partial charge in [-0.15, -0.1) is 0 Å². The molecule has 2 aliphatic heterocycles. The minimum atomic E-state index is -4.73. The molecule has 0 saturated carbocycles. The van der Waals surface area contributed by atoms with Gasteiger partial charge in [0.25, 0.3) is 5.91 Å². The van der Waals surface area contributed by atoms with Crippen molar-refractivity contribution in [3.8, 4) is 0 Å². The van der Waals surface area contributed by atoms with Crippen LogP contribution in [0.1, 0.15) is 17.2 Å². The molecule has 168 valence electrons. The van der Waals surface area contributed by atoms with Crippen molar-refractivity contribution in [2.24, 2.45) is 5.92 Å². The molecule has 5 nitrogen and oxygen atoms in total. The van der Waals surface area contributed by atoms with E-state index < -0.39 is 47.3 Å². The van der Waals surface area contributed by atoms with E-state index in [1.54, 1.807) is 48.5 Å². The molecule has 2 amide bonds. The maximum atomic E-state index is 13.6. The summed E-state index contributed by atoms with van der Waals surface area (Å²) in [5.41, 5.74) is -0.213. The Morgan fingerprint density at radius 1 is 0.818 bits per heavy atom. The number of alkyl halides is 3. The smallest absolute Gasteiger partial charge is 0.273 e. The van der Waals surface area contributed by atoms with Crippen molar-refractivity contribution in [1.29, 1.82) is 0 Å². The van der Waals surface area contributed by atoms with Gasteiger partial charge in [0.15, 0.2) is 6.10 Å². The van der Waals surface area contributed by atoms with Crippen LogP contribution in [0.4, 0.5) is 24.5 Å². The number of hydroxylamine groups is 1. The monoisotopic (exact) mass is 516 g/mol. The van der Waals surface area contributed by atoms with Gasteiger partial charge in [-0.25, -0.2) is 9.96 Å². The van der Waals surface area contributed by atoms with Crippen molar-refractivity contribution in [3.05, 3.63) is 94.5 Å². The van der Waals surface area contributed by atoms with Crippen LogP contribution in [-0.2, 0) is 20.6 Å². The van der Waals surface area contributed by atoms with Gasteiger partial charge < -0.3 is 0 Å². The van der Waals surface area contributed by atoms with E-state index in [0.717, 1.165) is 16.6 Å². The minimum Gasteiger partial charge on any atom is -0.273 e. The number of fused-ring (bicyclic) bond motifs is 1. The third-order valence-electron chi connectivity index (χ3n) is 5.79. The van der Waals surface area contributed by atoms with Crippen LogP contribution in [0.2, 0.25) is 0 Å². The van der Waals surface area contributed by atoms with Crippen molar-refractivity contribution in [3.63, 3.8) is 0 Å². The number of anilines is 2. The third-order valence-corrected chi connectivity index (χ3v) is 6.32. The van der Waals surface area contributed by atoms with Crippen molar-refractivity contribution in [2.45, 2.75) is 18.3 Å². The highest BCUT2D eigenvalue weighted by molar-refractivity contribution is 9.10. The molecule has 3 aromatic rings. The molecule has 0 N–H and O–H groups in total. The predicted octanol–water partition coefficient (Wildman–Crippen LogP) is 5.52. The first kappa shape index (κ1) is 21.7. The lowest BCUT2D eigenvalue weighted by Crippen LogP contribution is -2.38. The van der Waals surface area contributed by atoms with E-state index in [1.165, 1.54) is 17.2 Å². The van der Waals surface area contributed by atoms with Crippen LogP contribution in [0, 0.1) is 5.92 Å². The first-order chi connectivity index (χ1) is 15.8. The number of para-hydroxylation sites is 2. The molecule has 9 heteroatoms. The van der Waals surface area contributed by atoms with Crippen LogP contribution >= 0.6 is 15.9 Å². The Kier molecular flexibility index (Phi) is 5.25. The van der Waals surface area contributed by atoms with Gasteiger partial charge in [0.1, 0.15) is 5.92 Å². The number of imide groups is 1. The lowest BCUT2D eigenvalue weighted by Gasteiger charge is -2.29. The van der Waals surface area contributed by atoms with Gasteiger partial charge in [0.2, 0.25) is 5.91 Å². The number of amides is 2. The van der Waals surface area contributed by atoms with E-state index in [0.29, 0.717) is 16.2 Å². The van der Waals surface area contributed by atoms with Crippen LogP contribution in [0.15, 0.2) is 83.3 Å². The summed E-state index contributed by atoms with van der Waals surface area (Å²) in [4.78, 5) is 33.4. The molecule has 2 saturated heterocycles. The van der Waals surface area contributed by atoms with Crippen LogP contribution in [0.5, 0.6) is 0 Å². The number of hydrogen-bond donors (Lipinski definition) is 0. The summed E-state index contributed by atoms with van der Waals surface area (Å²) in [6.45, 7) is 0. The summed E-state index contributed by atoms with van der Waals surface area (Å²) in [5.74, 6) is -2.56. The van der Waals surface area contributed by atoms with Crippen LogP contribution in [0.25, 0.3) is 0 Å². The number of benzene rings is 3. The fourth-order valence-corrected chi connectivity index (χ4v) is 4.62. The number of rotatable bonds is 3. The first-order valence-corrected chi connectivity index (χ1v) is 10.9. The number of carbonyl (C=O) groups is 2. The van der Waals surface area contributed by atoms with Gasteiger partial charge in [-0.1, -0.05) is 58.4 Å². The van der Waals surface area contributed by atoms with Gasteiger partial charge in [-0.05, 0) is 42.0 Å². The van der Waals surface area contributed by atoms with Crippen LogP contribution < -0.4 is 9.96 Å². The second kappa shape index (κ2) is 8.00. The SMILES string of the molecule is O=C1[C@@H]2[C@H](ON(c3ccccc3)[C@H]2c2ccc(Br)cc2)C(=O)N1c1ccccc1C(F)(F)F. The highest BCUT2D eigenvalue weighted by atomic mass is 79.9. The van der Waals surface area contributed by atoms with E-state index >= 15 is 0 Å². The van der Waals surface area contributed by atoms with Gasteiger partial charge in [0.05, 0.1) is 23.0 Å². The summed E-state index contributed by atoms with van der Waals surface area (Å²) in [5, 5.41) is 1.50. The Morgan fingerprint density at radius 2 is 1.45 bits per heavy atom. The molecule has 3 atom stereocenters. The van der Waals surface area contributed by atoms with Gasteiger partial charge in [-0.2, -0.15) is 13.2 Å². The number of halogens is 4. The molecule has 3 aromatic carbocycles. The largest absolute Gasteiger partial charge is 0.418 e. The third kappa shape index (κ3) is 3.61. The molecule has 0 aromatic heterocycles. The summed E-state index contributed by atoms with van der Waals surface area (Å²) in [6.07, 6.45) is -5.97. The summed E-state index contributed by atoms with van der Waals surface area (Å²) in [7, 11) is 0. The Balaban J connectivity index is 1.60. The predicted molar refractivity (Wildman–Crippen MR) is 118 cm³/mol. The van der Waals surface area contributed by atoms with Crippen molar-refractivity contribution in [2.75, 3.05) is 9.96 Å². The van der Waals surface area contributed by atoms with E-state index in [2.05, 4.69) is 15.9 Å². The van der Waals surface area contributed by atoms with Gasteiger partial charge in [-0.3, -0.25) is 14.4 Å². The van der Waals surface area contributed by atoms with Crippen molar-refractivity contribution >= 4 is 39.1 Å². The first-order valence-electron chi connectivity index (χ1n) is 10.1. The molecule has 5 rings (SSSR count). The highest BCUT2D eigenvalue weighted by Gasteiger charge is 2.61. The second-order valence-corrected chi connectivity index (χ2v) is 8.65. The molecule has 2 heterocycles. The van der Waals surface area contributed by atoms with E-state index in [1.807, 2.05) is 6.07 Å². The molecule has 0 spiro atoms. The standard InChI is InChI=1S/C24H16BrF3N2O3/c25-15-12-10-14(11-13-15)20-19-21(33-30(20)16-6-2-1-3-7-16)23(32)29(22(19)31)18-9-5-4-8-17(18)24(26,27)28/h1-13,19-21H/t19-,20-,21-/m0/s1. The summed E-state index contributed by atoms with van der Waals surface area (Å²) >= 11 is 3.38. The molecule has 0 bridgehead atoms. The second-order valence-electron chi connectivity index (χ2n) is 7.74. The lowest BCUT2D eigenvalue weighted by atomic mass is 9.90. The maximum Gasteiger partial charge on any atom is 0.418 e. The van der Waals surface area contributed by atoms with Gasteiger partial charge in [0, 0.05) is 4.47 Å². The number of carbonyl (C=O) groups excluding carboxylic acids is 2. The fourth-order valence-electron chi connectivity index (χ4n) is 4.36. The van der Waals surface area contributed by atoms with Crippen LogP contribution in [-0.4, -0.2) is 17.9 Å². The van der Waals surface area contributed by atoms with Crippen molar-refractivity contribution in [1.82, 2.24) is 0 Å². The van der Waals surface area contributed by atoms with Crippen LogP contribution in [0.3, 0.4) is 0 Å². The average molecular weight is 517 g/mol. The maximum absolute atomic E-state index is 13.6. The Morgan fingerprint density at radius 3 is 2.12 bits per heavy atom. The number of nitrogens with zero attached hydrogens (tertiary/aromatic N) is 2. The zero-order valence-corrected chi connectivity index (χ0v) is 18.5. The van der Waals surface area contributed by atoms with E-state index in [9.17, 15) is 22.8 Å². The topological polar surface area (TPSA) is 49.9 Å². The Hall–Kier alpha value is -3.17. The molecule has 0 radical (unpaired) electrons. The molecule has 2 fully saturated rings. The Bertz CT molecular complexity index is 1220. The van der Waals surface area contributed by atoms with Gasteiger partial charge >= 0.3 is 6.18 Å². The number of hydrogen-bond acceptors (Lipinski definition) is 4. The fraction of sp³-hybridized carbons (Fsp3) is 0.167. The quantitative estimate of drug-likeness (QED) is 0.430. The van der Waals surface area contributed by atoms with E-state index in [-0.39, 0.29) is 0 Å². The van der Waals surface area contributed by atoms with Crippen molar-refractivity contribution < 1.29 is 27.6 Å². The van der Waals surface area contributed by atoms with E-state index in [4.69, 9.17) is 4.84 Å². The zero-order valence-electron chi connectivity index (χ0n) is 16.9. The molecule has 0 unspecified atom stereocenters. The average Bonchev–Trinajstić information content (AvgIpc) is 3.30. The normalized spacial score (nSPS) is 22.7. The Labute approximate surface area is 195 Å². The molecular weight excluding hydrogens is 501 g/mol.